The van der Waals surface area contributed by atoms with Gasteiger partial charge in [-0.25, -0.2) is 4.39 Å². The highest BCUT2D eigenvalue weighted by Crippen LogP contribution is 2.71. The molecule has 2 unspecified atom stereocenters. The Balaban J connectivity index is 1.59. The van der Waals surface area contributed by atoms with E-state index in [0.29, 0.717) is 25.7 Å². The van der Waals surface area contributed by atoms with Gasteiger partial charge in [-0.2, -0.15) is 0 Å². The number of nitrogens with two attached hydrogens (primary N) is 1. The Bertz CT molecular complexity index is 876. The van der Waals surface area contributed by atoms with E-state index in [1.54, 1.807) is 18.2 Å². The molecular weight excluding hydrogens is 413 g/mol. The number of aliphatic hydroxyl groups excluding tert-OH is 2. The fourth-order valence-corrected chi connectivity index (χ4v) is 8.16. The van der Waals surface area contributed by atoms with Gasteiger partial charge in [0.25, 0.3) is 0 Å². The molecule has 1 saturated heterocycles. The number of carbonyl (C=O) groups is 1. The summed E-state index contributed by atoms with van der Waals surface area (Å²) in [6, 6.07) is 0. The molecule has 6 nitrogen and oxygen atoms in total. The molecule has 4 aliphatic carbocycles. The zero-order valence-corrected chi connectivity index (χ0v) is 19.2. The minimum Gasteiger partial charge on any atom is -0.390 e. The number of aliphatic hydroxyl groups is 2. The second kappa shape index (κ2) is 7.19. The maximum Gasteiger partial charge on any atom is 0.181 e. The third-order valence-electron chi connectivity index (χ3n) is 9.66. The standard InChI is InChI=1S/C25H36FNO5/c1-4-5-21-31-20-11-17-16-7-6-14-10-15(28)8-9-22(14,2)24(16,26)18(29)12-23(17,3)25(20,32-21)19(30)13-27/h8-10,15-18,20-21,28-29H,4-7,11-13,27H2,1-3H3/t15?,16-,17-,18-,20+,21?,22-,23-,24-,25+/m0/s1. The predicted octanol–water partition coefficient (Wildman–Crippen LogP) is 2.57. The highest BCUT2D eigenvalue weighted by molar-refractivity contribution is 5.91. The minimum atomic E-state index is -1.90. The van der Waals surface area contributed by atoms with Crippen molar-refractivity contribution in [1.82, 2.24) is 0 Å². The molecule has 5 rings (SSSR count). The van der Waals surface area contributed by atoms with Crippen molar-refractivity contribution in [1.29, 1.82) is 0 Å². The quantitative estimate of drug-likeness (QED) is 0.570. The molecule has 10 atom stereocenters. The minimum absolute atomic E-state index is 0.106. The van der Waals surface area contributed by atoms with Crippen molar-refractivity contribution in [2.24, 2.45) is 28.4 Å². The normalized spacial score (nSPS) is 53.8. The zero-order chi connectivity index (χ0) is 23.1. The van der Waals surface area contributed by atoms with Crippen LogP contribution >= 0.6 is 0 Å². The Morgan fingerprint density at radius 3 is 2.75 bits per heavy atom. The van der Waals surface area contributed by atoms with Crippen LogP contribution in [0.1, 0.15) is 59.3 Å². The molecule has 0 bridgehead atoms. The number of ether oxygens (including phenoxy) is 2. The number of hydrogen-bond donors (Lipinski definition) is 3. The number of rotatable bonds is 4. The number of allylic oxidation sites excluding steroid dienone is 2. The average molecular weight is 450 g/mol. The van der Waals surface area contributed by atoms with E-state index in [-0.39, 0.29) is 24.7 Å². The average Bonchev–Trinajstić information content (AvgIpc) is 3.22. The summed E-state index contributed by atoms with van der Waals surface area (Å²) in [5.74, 6) is -0.853. The number of ketones is 1. The fourth-order valence-electron chi connectivity index (χ4n) is 8.16. The van der Waals surface area contributed by atoms with Crippen molar-refractivity contribution in [3.63, 3.8) is 0 Å². The van der Waals surface area contributed by atoms with Crippen LogP contribution in [0.3, 0.4) is 0 Å². The van der Waals surface area contributed by atoms with Gasteiger partial charge >= 0.3 is 0 Å². The summed E-state index contributed by atoms with van der Waals surface area (Å²) in [6.45, 7) is 5.67. The largest absolute Gasteiger partial charge is 0.390 e. The number of Topliss-reactive ketones (excluding diaryl/α,β-unsaturated/α-hetero) is 1. The van der Waals surface area contributed by atoms with Gasteiger partial charge in [-0.15, -0.1) is 0 Å². The second-order valence-electron chi connectivity index (χ2n) is 11.0. The topological polar surface area (TPSA) is 102 Å². The Hall–Kier alpha value is -1.12. The molecule has 1 heterocycles. The lowest BCUT2D eigenvalue weighted by molar-refractivity contribution is -0.230. The lowest BCUT2D eigenvalue weighted by Crippen LogP contribution is -2.70. The van der Waals surface area contributed by atoms with Crippen molar-refractivity contribution < 1.29 is 28.9 Å². The Morgan fingerprint density at radius 1 is 1.31 bits per heavy atom. The number of carbonyl (C=O) groups excluding carboxylic acids is 1. The van der Waals surface area contributed by atoms with Crippen LogP contribution in [-0.2, 0) is 14.3 Å². The van der Waals surface area contributed by atoms with Gasteiger partial charge in [0.15, 0.2) is 23.3 Å². The third-order valence-corrected chi connectivity index (χ3v) is 9.66. The van der Waals surface area contributed by atoms with Crippen molar-refractivity contribution in [3.8, 4) is 0 Å². The lowest BCUT2D eigenvalue weighted by Gasteiger charge is -2.62. The van der Waals surface area contributed by atoms with Crippen LogP contribution in [0, 0.1) is 22.7 Å². The van der Waals surface area contributed by atoms with Gasteiger partial charge in [-0.1, -0.05) is 44.1 Å². The molecule has 0 aromatic rings. The van der Waals surface area contributed by atoms with Crippen LogP contribution in [0.2, 0.25) is 0 Å². The van der Waals surface area contributed by atoms with Gasteiger partial charge < -0.3 is 25.4 Å². The first kappa shape index (κ1) is 22.7. The van der Waals surface area contributed by atoms with Crippen LogP contribution in [-0.4, -0.2) is 58.4 Å². The lowest BCUT2D eigenvalue weighted by atomic mass is 9.44. The number of alkyl halides is 1. The van der Waals surface area contributed by atoms with E-state index in [9.17, 15) is 15.0 Å². The number of hydrogen-bond acceptors (Lipinski definition) is 6. The summed E-state index contributed by atoms with van der Waals surface area (Å²) < 4.78 is 29.9. The van der Waals surface area contributed by atoms with Crippen LogP contribution in [0.5, 0.6) is 0 Å². The maximum absolute atomic E-state index is 17.2. The molecule has 4 N–H and O–H groups in total. The maximum atomic E-state index is 17.2. The van der Waals surface area contributed by atoms with Crippen molar-refractivity contribution in [3.05, 3.63) is 23.8 Å². The summed E-state index contributed by atoms with van der Waals surface area (Å²) in [7, 11) is 0. The van der Waals surface area contributed by atoms with Crippen LogP contribution in [0.4, 0.5) is 4.39 Å². The van der Waals surface area contributed by atoms with Gasteiger partial charge in [0.2, 0.25) is 0 Å². The Morgan fingerprint density at radius 2 is 2.06 bits per heavy atom. The van der Waals surface area contributed by atoms with Crippen molar-refractivity contribution in [2.75, 3.05) is 6.54 Å². The molecule has 178 valence electrons. The molecule has 7 heteroatoms. The molecule has 1 aliphatic heterocycles. The van der Waals surface area contributed by atoms with E-state index in [0.717, 1.165) is 12.0 Å². The van der Waals surface area contributed by atoms with E-state index in [4.69, 9.17) is 15.2 Å². The monoisotopic (exact) mass is 449 g/mol. The van der Waals surface area contributed by atoms with E-state index in [1.165, 1.54) is 0 Å². The van der Waals surface area contributed by atoms with Crippen molar-refractivity contribution >= 4 is 5.78 Å². The van der Waals surface area contributed by atoms with E-state index < -0.39 is 52.6 Å². The summed E-state index contributed by atoms with van der Waals surface area (Å²) in [5, 5.41) is 21.5. The fraction of sp³-hybridized carbons (Fsp3) is 0.800. The first-order valence-corrected chi connectivity index (χ1v) is 12.1. The molecule has 0 spiro atoms. The van der Waals surface area contributed by atoms with Gasteiger partial charge in [0.1, 0.15) is 0 Å². The third kappa shape index (κ3) is 2.49. The molecule has 0 amide bonds. The van der Waals surface area contributed by atoms with Gasteiger partial charge in [0.05, 0.1) is 24.9 Å². The highest BCUT2D eigenvalue weighted by atomic mass is 19.1. The van der Waals surface area contributed by atoms with Crippen LogP contribution in [0.15, 0.2) is 23.8 Å². The van der Waals surface area contributed by atoms with E-state index >= 15 is 4.39 Å². The summed E-state index contributed by atoms with van der Waals surface area (Å²) in [5.41, 5.74) is 1.79. The number of halogens is 1. The van der Waals surface area contributed by atoms with Gasteiger partial charge in [-0.05, 0) is 44.9 Å². The summed E-state index contributed by atoms with van der Waals surface area (Å²) in [6.07, 6.45) is 5.47. The van der Waals surface area contributed by atoms with Crippen LogP contribution in [0.25, 0.3) is 0 Å². The molecule has 3 saturated carbocycles. The summed E-state index contributed by atoms with van der Waals surface area (Å²) in [4.78, 5) is 13.3. The molecular formula is C25H36FNO5. The molecule has 5 aliphatic rings. The smallest absolute Gasteiger partial charge is 0.181 e. The van der Waals surface area contributed by atoms with Gasteiger partial charge in [-0.3, -0.25) is 4.79 Å². The zero-order valence-electron chi connectivity index (χ0n) is 19.2. The van der Waals surface area contributed by atoms with E-state index in [2.05, 4.69) is 0 Å². The first-order chi connectivity index (χ1) is 15.1. The summed E-state index contributed by atoms with van der Waals surface area (Å²) >= 11 is 0. The SMILES string of the molecule is CCCC1O[C@@H]2C[C@H]3[C@@H]4CCC5=CC(O)C=C[C@]5(C)[C@@]4(F)[C@@H](O)C[C@]3(C)[C@]2(C(=O)CN)O1. The van der Waals surface area contributed by atoms with Crippen LogP contribution < -0.4 is 5.73 Å². The Labute approximate surface area is 189 Å². The van der Waals surface area contributed by atoms with Crippen molar-refractivity contribution in [2.45, 2.75) is 95.2 Å². The molecule has 4 fully saturated rings. The Kier molecular flexibility index (Phi) is 5.09. The number of fused-ring (bicyclic) bond motifs is 7. The molecule has 32 heavy (non-hydrogen) atoms. The molecule has 0 aromatic carbocycles. The predicted molar refractivity (Wildman–Crippen MR) is 116 cm³/mol. The molecule has 0 radical (unpaired) electrons. The second-order valence-corrected chi connectivity index (χ2v) is 11.0. The first-order valence-electron chi connectivity index (χ1n) is 12.1. The highest BCUT2D eigenvalue weighted by Gasteiger charge is 2.79. The van der Waals surface area contributed by atoms with Gasteiger partial charge in [0, 0.05) is 16.7 Å². The van der Waals surface area contributed by atoms with E-state index in [1.807, 2.05) is 20.8 Å². The molecule has 0 aromatic heterocycles.